The molecule has 9 heteroatoms. The Morgan fingerprint density at radius 3 is 2.59 bits per heavy atom. The van der Waals surface area contributed by atoms with E-state index in [4.69, 9.17) is 5.73 Å². The highest BCUT2D eigenvalue weighted by Gasteiger charge is 2.26. The minimum absolute atomic E-state index is 0. The summed E-state index contributed by atoms with van der Waals surface area (Å²) in [7, 11) is 1.84. The lowest BCUT2D eigenvalue weighted by Crippen LogP contribution is -2.52. The molecule has 0 aliphatic carbocycles. The molecular weight excluding hydrogens is 541 g/mol. The number of nitrogens with zero attached hydrogens (tertiary/aromatic N) is 5. The van der Waals surface area contributed by atoms with E-state index in [-0.39, 0.29) is 35.8 Å². The van der Waals surface area contributed by atoms with Gasteiger partial charge in [-0.15, -0.1) is 24.0 Å². The number of aromatic nitrogens is 1. The van der Waals surface area contributed by atoms with E-state index < -0.39 is 0 Å². The van der Waals surface area contributed by atoms with Gasteiger partial charge in [-0.3, -0.25) is 14.7 Å². The van der Waals surface area contributed by atoms with E-state index in [1.54, 1.807) is 0 Å². The van der Waals surface area contributed by atoms with Crippen molar-refractivity contribution in [2.75, 3.05) is 51.2 Å². The zero-order valence-electron chi connectivity index (χ0n) is 19.9. The number of nitrogens with two attached hydrogens (primary N) is 1. The molecule has 1 unspecified atom stereocenters. The van der Waals surface area contributed by atoms with Crippen molar-refractivity contribution >= 4 is 41.7 Å². The third-order valence-corrected chi connectivity index (χ3v) is 6.56. The topological polar surface area (TPSA) is 90.1 Å². The summed E-state index contributed by atoms with van der Waals surface area (Å²) in [5.74, 6) is 1.51. The summed E-state index contributed by atoms with van der Waals surface area (Å²) in [6, 6.07) is 14.7. The van der Waals surface area contributed by atoms with Gasteiger partial charge in [-0.1, -0.05) is 36.4 Å². The van der Waals surface area contributed by atoms with Crippen molar-refractivity contribution in [1.29, 1.82) is 0 Å². The van der Waals surface area contributed by atoms with E-state index in [2.05, 4.69) is 66.4 Å². The van der Waals surface area contributed by atoms with Gasteiger partial charge in [-0.05, 0) is 24.5 Å². The Kier molecular flexibility index (Phi) is 9.94. The number of rotatable bonds is 6. The molecule has 8 nitrogen and oxygen atoms in total. The van der Waals surface area contributed by atoms with E-state index in [0.717, 1.165) is 69.5 Å². The van der Waals surface area contributed by atoms with E-state index in [1.165, 1.54) is 5.56 Å². The average Bonchev–Trinajstić information content (AvgIpc) is 2.86. The van der Waals surface area contributed by atoms with Gasteiger partial charge in [0, 0.05) is 71.2 Å². The number of anilines is 1. The summed E-state index contributed by atoms with van der Waals surface area (Å²) in [4.78, 5) is 27.9. The summed E-state index contributed by atoms with van der Waals surface area (Å²) in [5, 5.41) is 3.53. The zero-order chi connectivity index (χ0) is 23.0. The fraction of sp³-hybridized carbons (Fsp3) is 0.480. The summed E-state index contributed by atoms with van der Waals surface area (Å²) in [6.07, 6.45) is 3.62. The Morgan fingerprint density at radius 1 is 1.12 bits per heavy atom. The Labute approximate surface area is 219 Å². The molecule has 0 radical (unpaired) electrons. The van der Waals surface area contributed by atoms with Crippen LogP contribution in [0.5, 0.6) is 0 Å². The molecule has 3 N–H and O–H groups in total. The van der Waals surface area contributed by atoms with E-state index in [0.29, 0.717) is 13.1 Å². The van der Waals surface area contributed by atoms with Gasteiger partial charge in [0.15, 0.2) is 5.96 Å². The van der Waals surface area contributed by atoms with Crippen molar-refractivity contribution in [1.82, 2.24) is 20.1 Å². The van der Waals surface area contributed by atoms with Crippen molar-refractivity contribution < 1.29 is 4.79 Å². The second kappa shape index (κ2) is 12.9. The Hall–Kier alpha value is -2.40. The van der Waals surface area contributed by atoms with Crippen LogP contribution in [-0.4, -0.2) is 73.0 Å². The molecule has 2 aliphatic heterocycles. The predicted molar refractivity (Wildman–Crippen MR) is 147 cm³/mol. The molecule has 2 aromatic rings. The first-order valence-corrected chi connectivity index (χ1v) is 11.8. The molecule has 0 saturated carbocycles. The zero-order valence-corrected chi connectivity index (χ0v) is 22.2. The van der Waals surface area contributed by atoms with Crippen molar-refractivity contribution in [3.05, 3.63) is 59.8 Å². The highest BCUT2D eigenvalue weighted by molar-refractivity contribution is 14.0. The monoisotopic (exact) mass is 577 g/mol. The molecule has 1 atom stereocenters. The van der Waals surface area contributed by atoms with Crippen LogP contribution in [0.2, 0.25) is 0 Å². The van der Waals surface area contributed by atoms with Gasteiger partial charge < -0.3 is 20.9 Å². The van der Waals surface area contributed by atoms with Gasteiger partial charge in [0.05, 0.1) is 5.92 Å². The van der Waals surface area contributed by atoms with Crippen LogP contribution < -0.4 is 16.0 Å². The Bertz CT molecular complexity index is 947. The maximum Gasteiger partial charge on any atom is 0.222 e. The highest BCUT2D eigenvalue weighted by atomic mass is 127. The van der Waals surface area contributed by atoms with Crippen molar-refractivity contribution in [2.45, 2.75) is 25.9 Å². The van der Waals surface area contributed by atoms with E-state index in [1.807, 2.05) is 19.3 Å². The maximum absolute atomic E-state index is 11.7. The predicted octanol–water partition coefficient (Wildman–Crippen LogP) is 2.29. The number of carbonyl (C=O) groups is 1. The maximum atomic E-state index is 11.7. The lowest BCUT2D eigenvalue weighted by Gasteiger charge is -2.37. The Balaban J connectivity index is 0.00000324. The molecule has 2 fully saturated rings. The van der Waals surface area contributed by atoms with Crippen LogP contribution >= 0.6 is 24.0 Å². The molecule has 4 rings (SSSR count). The summed E-state index contributed by atoms with van der Waals surface area (Å²) in [5.41, 5.74) is 8.03. The van der Waals surface area contributed by atoms with Gasteiger partial charge in [-0.2, -0.15) is 0 Å². The van der Waals surface area contributed by atoms with Gasteiger partial charge in [-0.25, -0.2) is 4.98 Å². The lowest BCUT2D eigenvalue weighted by atomic mass is 9.97. The second-order valence-corrected chi connectivity index (χ2v) is 8.82. The van der Waals surface area contributed by atoms with Gasteiger partial charge >= 0.3 is 0 Å². The van der Waals surface area contributed by atoms with Crippen LogP contribution in [0.25, 0.3) is 0 Å². The number of piperidine rings is 1. The number of pyridine rings is 1. The third-order valence-electron chi connectivity index (χ3n) is 6.56. The quantitative estimate of drug-likeness (QED) is 0.311. The molecule has 0 spiro atoms. The molecule has 2 aliphatic rings. The average molecular weight is 578 g/mol. The number of carbonyl (C=O) groups excluding carboxylic acids is 1. The fourth-order valence-corrected chi connectivity index (χ4v) is 4.72. The highest BCUT2D eigenvalue weighted by Crippen LogP contribution is 2.24. The molecular formula is C25H36IN7O. The number of hydrogen-bond acceptors (Lipinski definition) is 5. The van der Waals surface area contributed by atoms with Crippen LogP contribution in [-0.2, 0) is 17.9 Å². The molecule has 1 aromatic carbocycles. The van der Waals surface area contributed by atoms with Crippen LogP contribution in [0.15, 0.2) is 53.7 Å². The molecule has 0 bridgehead atoms. The van der Waals surface area contributed by atoms with E-state index in [9.17, 15) is 4.79 Å². The van der Waals surface area contributed by atoms with Crippen LogP contribution in [0.1, 0.15) is 24.0 Å². The molecule has 1 amide bonds. The molecule has 1 aromatic heterocycles. The smallest absolute Gasteiger partial charge is 0.222 e. The van der Waals surface area contributed by atoms with Gasteiger partial charge in [0.2, 0.25) is 5.91 Å². The van der Waals surface area contributed by atoms with Gasteiger partial charge in [0.25, 0.3) is 0 Å². The number of piperazine rings is 1. The van der Waals surface area contributed by atoms with Crippen LogP contribution in [0.4, 0.5) is 5.82 Å². The Morgan fingerprint density at radius 2 is 1.88 bits per heavy atom. The summed E-state index contributed by atoms with van der Waals surface area (Å²) >= 11 is 0. The van der Waals surface area contributed by atoms with E-state index >= 15 is 0 Å². The minimum Gasteiger partial charge on any atom is -0.369 e. The number of nitrogens with one attached hydrogen (secondary N) is 1. The summed E-state index contributed by atoms with van der Waals surface area (Å²) < 4.78 is 0. The third kappa shape index (κ3) is 6.82. The molecule has 34 heavy (non-hydrogen) atoms. The normalized spacial score (nSPS) is 19.4. The number of aliphatic imine (C=N–C) groups is 1. The molecule has 184 valence electrons. The number of guanidine groups is 1. The van der Waals surface area contributed by atoms with Crippen LogP contribution in [0, 0.1) is 5.92 Å². The van der Waals surface area contributed by atoms with Crippen LogP contribution in [0.3, 0.4) is 0 Å². The number of amides is 1. The van der Waals surface area contributed by atoms with Crippen molar-refractivity contribution in [2.24, 2.45) is 16.6 Å². The molecule has 2 saturated heterocycles. The standard InChI is InChI=1S/C25H35N7O.HI/c1-27-25(31-15-13-30(14-16-31)18-20-7-3-2-4-8-20)29-17-21-9-5-11-28-24(21)32-12-6-10-22(19-32)23(26)33;/h2-5,7-9,11,22H,6,10,12-19H2,1H3,(H2,26,33)(H,27,29);1H. The largest absolute Gasteiger partial charge is 0.369 e. The number of halogens is 1. The number of hydrogen-bond donors (Lipinski definition) is 2. The van der Waals surface area contributed by atoms with Gasteiger partial charge in [0.1, 0.15) is 5.82 Å². The molecule has 3 heterocycles. The fourth-order valence-electron chi connectivity index (χ4n) is 4.72. The minimum atomic E-state index is -0.220. The first kappa shape index (κ1) is 26.2. The first-order chi connectivity index (χ1) is 16.1. The SMILES string of the molecule is CN=C(NCc1cccnc1N1CCCC(C(N)=O)C1)N1CCN(Cc2ccccc2)CC1.I. The number of benzene rings is 1. The second-order valence-electron chi connectivity index (χ2n) is 8.82. The summed E-state index contributed by atoms with van der Waals surface area (Å²) in [6.45, 7) is 7.06. The number of primary amides is 1. The lowest BCUT2D eigenvalue weighted by molar-refractivity contribution is -0.122. The first-order valence-electron chi connectivity index (χ1n) is 11.8. The van der Waals surface area contributed by atoms with Crippen molar-refractivity contribution in [3.8, 4) is 0 Å². The van der Waals surface area contributed by atoms with Crippen molar-refractivity contribution in [3.63, 3.8) is 0 Å².